The van der Waals surface area contributed by atoms with E-state index >= 15 is 0 Å². The van der Waals surface area contributed by atoms with Crippen LogP contribution in [0.1, 0.15) is 24.5 Å². The van der Waals surface area contributed by atoms with E-state index in [1.807, 2.05) is 6.07 Å². The van der Waals surface area contributed by atoms with Crippen molar-refractivity contribution in [3.8, 4) is 23.0 Å². The molecule has 3 heteroatoms. The van der Waals surface area contributed by atoms with Crippen LogP contribution in [-0.4, -0.2) is 6.71 Å². The summed E-state index contributed by atoms with van der Waals surface area (Å²) in [6.45, 7) is 4.47. The molecule has 3 aromatic carbocycles. The lowest BCUT2D eigenvalue weighted by Gasteiger charge is -2.33. The van der Waals surface area contributed by atoms with E-state index in [0.29, 0.717) is 0 Å². The fourth-order valence-corrected chi connectivity index (χ4v) is 4.06. The van der Waals surface area contributed by atoms with E-state index in [-0.39, 0.29) is 6.71 Å². The summed E-state index contributed by atoms with van der Waals surface area (Å²) in [5, 5.41) is 0. The zero-order valence-electron chi connectivity index (χ0n) is 14.5. The van der Waals surface area contributed by atoms with Gasteiger partial charge in [0.15, 0.2) is 0 Å². The third-order valence-electron chi connectivity index (χ3n) is 5.13. The average molecular weight is 326 g/mol. The van der Waals surface area contributed by atoms with Crippen LogP contribution in [0.15, 0.2) is 54.6 Å². The first-order valence-corrected chi connectivity index (χ1v) is 8.96. The van der Waals surface area contributed by atoms with Crippen molar-refractivity contribution in [3.05, 3.63) is 65.7 Å². The second-order valence-electron chi connectivity index (χ2n) is 6.97. The van der Waals surface area contributed by atoms with Gasteiger partial charge >= 0.3 is 0 Å². The number of fused-ring (bicyclic) bond motifs is 4. The lowest BCUT2D eigenvalue weighted by molar-refractivity contribution is 0.463. The van der Waals surface area contributed by atoms with Gasteiger partial charge in [-0.05, 0) is 59.7 Å². The maximum Gasteiger partial charge on any atom is 0.260 e. The van der Waals surface area contributed by atoms with Gasteiger partial charge in [0.1, 0.15) is 23.0 Å². The van der Waals surface area contributed by atoms with Crippen LogP contribution in [0.3, 0.4) is 0 Å². The van der Waals surface area contributed by atoms with E-state index in [1.54, 1.807) is 0 Å². The van der Waals surface area contributed by atoms with Gasteiger partial charge in [0.25, 0.3) is 6.71 Å². The van der Waals surface area contributed by atoms with Crippen LogP contribution in [0.25, 0.3) is 0 Å². The Kier molecular flexibility index (Phi) is 3.17. The molecule has 0 radical (unpaired) electrons. The fourth-order valence-electron chi connectivity index (χ4n) is 4.06. The monoisotopic (exact) mass is 326 g/mol. The van der Waals surface area contributed by atoms with Crippen molar-refractivity contribution in [2.24, 2.45) is 0 Å². The van der Waals surface area contributed by atoms with Gasteiger partial charge in [0.2, 0.25) is 0 Å². The predicted molar refractivity (Wildman–Crippen MR) is 103 cm³/mol. The summed E-state index contributed by atoms with van der Waals surface area (Å²) in [4.78, 5) is 0. The number of benzene rings is 3. The molecule has 25 heavy (non-hydrogen) atoms. The molecule has 5 rings (SSSR count). The van der Waals surface area contributed by atoms with Crippen LogP contribution < -0.4 is 25.9 Å². The minimum Gasteiger partial charge on any atom is -0.458 e. The molecule has 2 aliphatic rings. The van der Waals surface area contributed by atoms with Crippen LogP contribution >= 0.6 is 0 Å². The number of aryl methyl sites for hydroxylation is 2. The first-order valence-electron chi connectivity index (χ1n) is 8.96. The maximum atomic E-state index is 6.33. The third-order valence-corrected chi connectivity index (χ3v) is 5.13. The van der Waals surface area contributed by atoms with Gasteiger partial charge in [-0.15, -0.1) is 0 Å². The summed E-state index contributed by atoms with van der Waals surface area (Å²) >= 11 is 0. The molecule has 0 spiro atoms. The summed E-state index contributed by atoms with van der Waals surface area (Å²) in [6, 6.07) is 19.3. The SMILES string of the molecule is CCCc1ccc2c(c1)Oc1cc(C)cc3c1B2c1ccccc1O3. The second kappa shape index (κ2) is 5.42. The number of para-hydroxylation sites is 1. The molecule has 2 heterocycles. The Balaban J connectivity index is 1.77. The number of hydrogen-bond acceptors (Lipinski definition) is 2. The quantitative estimate of drug-likeness (QED) is 0.461. The first-order chi connectivity index (χ1) is 12.2. The largest absolute Gasteiger partial charge is 0.458 e. The van der Waals surface area contributed by atoms with Crippen molar-refractivity contribution in [1.29, 1.82) is 0 Å². The van der Waals surface area contributed by atoms with Gasteiger partial charge in [-0.1, -0.05) is 43.7 Å². The maximum absolute atomic E-state index is 6.33. The molecule has 0 unspecified atom stereocenters. The minimum atomic E-state index is 0.176. The second-order valence-corrected chi connectivity index (χ2v) is 6.97. The van der Waals surface area contributed by atoms with Gasteiger partial charge in [0, 0.05) is 5.46 Å². The molecule has 0 atom stereocenters. The van der Waals surface area contributed by atoms with Crippen molar-refractivity contribution in [2.45, 2.75) is 26.7 Å². The molecule has 0 amide bonds. The third kappa shape index (κ3) is 2.19. The van der Waals surface area contributed by atoms with Gasteiger partial charge in [-0.25, -0.2) is 0 Å². The summed E-state index contributed by atoms with van der Waals surface area (Å²) < 4.78 is 12.5. The van der Waals surface area contributed by atoms with Gasteiger partial charge < -0.3 is 9.47 Å². The molecule has 0 aromatic heterocycles. The van der Waals surface area contributed by atoms with E-state index < -0.39 is 0 Å². The van der Waals surface area contributed by atoms with Crippen LogP contribution in [0.5, 0.6) is 23.0 Å². The van der Waals surface area contributed by atoms with Crippen molar-refractivity contribution in [2.75, 3.05) is 0 Å². The van der Waals surface area contributed by atoms with Gasteiger partial charge in [-0.2, -0.15) is 0 Å². The van der Waals surface area contributed by atoms with E-state index in [0.717, 1.165) is 46.9 Å². The van der Waals surface area contributed by atoms with Gasteiger partial charge in [-0.3, -0.25) is 0 Å². The van der Waals surface area contributed by atoms with E-state index in [2.05, 4.69) is 62.4 Å². The van der Waals surface area contributed by atoms with E-state index in [4.69, 9.17) is 9.47 Å². The Labute approximate surface area is 148 Å². The lowest BCUT2D eigenvalue weighted by Crippen LogP contribution is -2.57. The molecule has 3 aromatic rings. The Morgan fingerprint density at radius 3 is 2.32 bits per heavy atom. The summed E-state index contributed by atoms with van der Waals surface area (Å²) in [7, 11) is 0. The average Bonchev–Trinajstić information content (AvgIpc) is 2.61. The molecular formula is C22H19BO2. The molecule has 2 nitrogen and oxygen atoms in total. The van der Waals surface area contributed by atoms with Crippen molar-refractivity contribution >= 4 is 23.1 Å². The molecule has 122 valence electrons. The van der Waals surface area contributed by atoms with Crippen molar-refractivity contribution < 1.29 is 9.47 Å². The lowest BCUT2D eigenvalue weighted by atomic mass is 9.35. The van der Waals surface area contributed by atoms with E-state index in [1.165, 1.54) is 16.5 Å². The Bertz CT molecular complexity index is 993. The summed E-state index contributed by atoms with van der Waals surface area (Å²) in [5.74, 6) is 3.77. The smallest absolute Gasteiger partial charge is 0.260 e. The fraction of sp³-hybridized carbons (Fsp3) is 0.182. The van der Waals surface area contributed by atoms with E-state index in [9.17, 15) is 0 Å². The highest BCUT2D eigenvalue weighted by molar-refractivity contribution is 6.98. The Morgan fingerprint density at radius 1 is 0.800 bits per heavy atom. The molecule has 0 bridgehead atoms. The standard InChI is InChI=1S/C22H19BO2/c1-3-6-15-9-10-17-19(13-15)25-21-12-14(2)11-20-22(21)23(17)16-7-4-5-8-18(16)24-20/h4-5,7-13H,3,6H2,1-2H3. The molecule has 0 N–H and O–H groups in total. The predicted octanol–water partition coefficient (Wildman–Crippen LogP) is 3.68. The molecule has 2 aliphatic heterocycles. The Morgan fingerprint density at radius 2 is 1.52 bits per heavy atom. The Hall–Kier alpha value is -2.68. The minimum absolute atomic E-state index is 0.176. The van der Waals surface area contributed by atoms with Crippen LogP contribution in [0.2, 0.25) is 0 Å². The van der Waals surface area contributed by atoms with Gasteiger partial charge in [0.05, 0.1) is 0 Å². The molecular weight excluding hydrogens is 307 g/mol. The van der Waals surface area contributed by atoms with Crippen molar-refractivity contribution in [1.82, 2.24) is 0 Å². The number of rotatable bonds is 2. The van der Waals surface area contributed by atoms with Crippen LogP contribution in [0, 0.1) is 6.92 Å². The van der Waals surface area contributed by atoms with Crippen LogP contribution in [-0.2, 0) is 6.42 Å². The summed E-state index contributed by atoms with van der Waals surface area (Å²) in [6.07, 6.45) is 2.21. The topological polar surface area (TPSA) is 18.5 Å². The highest BCUT2D eigenvalue weighted by Gasteiger charge is 2.39. The van der Waals surface area contributed by atoms with Crippen LogP contribution in [0.4, 0.5) is 0 Å². The number of ether oxygens (including phenoxy) is 2. The number of hydrogen-bond donors (Lipinski definition) is 0. The molecule has 0 aliphatic carbocycles. The molecule has 0 saturated heterocycles. The van der Waals surface area contributed by atoms with Crippen molar-refractivity contribution in [3.63, 3.8) is 0 Å². The molecule has 0 fully saturated rings. The normalized spacial score (nSPS) is 13.3. The zero-order chi connectivity index (χ0) is 17.0. The zero-order valence-corrected chi connectivity index (χ0v) is 14.5. The first kappa shape index (κ1) is 14.6. The summed E-state index contributed by atoms with van der Waals surface area (Å²) in [5.41, 5.74) is 6.08. The highest BCUT2D eigenvalue weighted by atomic mass is 16.5. The molecule has 0 saturated carbocycles. The highest BCUT2D eigenvalue weighted by Crippen LogP contribution is 2.35.